The average Bonchev–Trinajstić information content (AvgIpc) is 3.03. The molecule has 3 aromatic rings. The summed E-state index contributed by atoms with van der Waals surface area (Å²) in [6.07, 6.45) is 7.05. The predicted octanol–water partition coefficient (Wildman–Crippen LogP) is 4.31. The lowest BCUT2D eigenvalue weighted by molar-refractivity contribution is -0.107. The van der Waals surface area contributed by atoms with Crippen LogP contribution in [0.1, 0.15) is 30.7 Å². The van der Waals surface area contributed by atoms with E-state index in [0.29, 0.717) is 17.3 Å². The predicted molar refractivity (Wildman–Crippen MR) is 101 cm³/mol. The summed E-state index contributed by atoms with van der Waals surface area (Å²) >= 11 is 0. The monoisotopic (exact) mass is 401 g/mol. The lowest BCUT2D eigenvalue weighted by Gasteiger charge is -2.38. The van der Waals surface area contributed by atoms with E-state index in [0.717, 1.165) is 28.7 Å². The van der Waals surface area contributed by atoms with Crippen LogP contribution in [0.3, 0.4) is 0 Å². The van der Waals surface area contributed by atoms with Gasteiger partial charge in [-0.1, -0.05) is 6.42 Å². The molecule has 5 rings (SSSR count). The summed E-state index contributed by atoms with van der Waals surface area (Å²) in [5, 5.41) is 7.67. The van der Waals surface area contributed by atoms with Gasteiger partial charge in [0, 0.05) is 23.5 Å². The van der Waals surface area contributed by atoms with Crippen LogP contribution in [0.4, 0.5) is 23.7 Å². The van der Waals surface area contributed by atoms with E-state index in [4.69, 9.17) is 0 Å². The Morgan fingerprint density at radius 3 is 2.69 bits per heavy atom. The van der Waals surface area contributed by atoms with E-state index < -0.39 is 30.9 Å². The number of urea groups is 1. The van der Waals surface area contributed by atoms with Gasteiger partial charge in [0.15, 0.2) is 5.65 Å². The molecule has 1 N–H and O–H groups in total. The number of nitrogens with zero attached hydrogens (tertiary/aromatic N) is 4. The molecule has 2 amide bonds. The van der Waals surface area contributed by atoms with E-state index >= 15 is 0 Å². The number of halogens is 3. The molecule has 1 aliphatic heterocycles. The number of nitrogens with one attached hydrogen (secondary N) is 1. The summed E-state index contributed by atoms with van der Waals surface area (Å²) in [6.45, 7) is -1.24. The van der Waals surface area contributed by atoms with Crippen molar-refractivity contribution >= 4 is 22.8 Å². The molecule has 0 atom stereocenters. The number of fused-ring (bicyclic) bond motifs is 1. The van der Waals surface area contributed by atoms with Crippen LogP contribution in [-0.4, -0.2) is 44.7 Å². The van der Waals surface area contributed by atoms with Gasteiger partial charge in [0.25, 0.3) is 5.92 Å². The molecule has 0 bridgehead atoms. The normalized spacial score (nSPS) is 18.4. The van der Waals surface area contributed by atoms with Crippen molar-refractivity contribution in [1.29, 1.82) is 0 Å². The van der Waals surface area contributed by atoms with Gasteiger partial charge < -0.3 is 10.2 Å². The maximum atomic E-state index is 14.4. The first-order valence-electron chi connectivity index (χ1n) is 9.47. The molecule has 2 aromatic heterocycles. The van der Waals surface area contributed by atoms with Crippen molar-refractivity contribution in [3.63, 3.8) is 0 Å². The Bertz CT molecular complexity index is 1100. The number of carbonyl (C=O) groups is 1. The zero-order valence-electron chi connectivity index (χ0n) is 15.4. The molecule has 9 heteroatoms. The standard InChI is InChI=1S/C20H18F3N5O/c21-16-5-4-15(25-19(29)27-10-20(22,23)11-27)7-17(16)28-9-14-6-13(12-2-1-3-12)8-24-18(14)26-28/h4-9,12H,1-3,10-11H2,(H,25,29). The minimum absolute atomic E-state index is 0.139. The Morgan fingerprint density at radius 1 is 1.21 bits per heavy atom. The van der Waals surface area contributed by atoms with Crippen molar-refractivity contribution in [2.24, 2.45) is 0 Å². The second-order valence-electron chi connectivity index (χ2n) is 7.69. The molecule has 0 spiro atoms. The van der Waals surface area contributed by atoms with Crippen LogP contribution >= 0.6 is 0 Å². The number of likely N-dealkylation sites (tertiary alicyclic amines) is 1. The average molecular weight is 401 g/mol. The Labute approximate surface area is 164 Å². The van der Waals surface area contributed by atoms with Crippen LogP contribution in [-0.2, 0) is 0 Å². The molecule has 1 aliphatic carbocycles. The fourth-order valence-corrected chi connectivity index (χ4v) is 3.65. The second kappa shape index (κ2) is 6.47. The third-order valence-electron chi connectivity index (χ3n) is 5.53. The number of pyridine rings is 1. The smallest absolute Gasteiger partial charge is 0.312 e. The van der Waals surface area contributed by atoms with Gasteiger partial charge in [-0.25, -0.2) is 27.6 Å². The van der Waals surface area contributed by atoms with Crippen LogP contribution in [0.25, 0.3) is 16.7 Å². The van der Waals surface area contributed by atoms with E-state index in [9.17, 15) is 18.0 Å². The summed E-state index contributed by atoms with van der Waals surface area (Å²) in [7, 11) is 0. The summed E-state index contributed by atoms with van der Waals surface area (Å²) in [6, 6.07) is 5.39. The number of alkyl halides is 2. The lowest BCUT2D eigenvalue weighted by Crippen LogP contribution is -2.59. The maximum absolute atomic E-state index is 14.4. The van der Waals surface area contributed by atoms with Gasteiger partial charge in [-0.2, -0.15) is 0 Å². The molecule has 0 radical (unpaired) electrons. The van der Waals surface area contributed by atoms with Gasteiger partial charge >= 0.3 is 6.03 Å². The molecule has 1 saturated carbocycles. The Balaban J connectivity index is 1.40. The maximum Gasteiger partial charge on any atom is 0.322 e. The van der Waals surface area contributed by atoms with Gasteiger partial charge in [0.1, 0.15) is 11.5 Å². The largest absolute Gasteiger partial charge is 0.322 e. The highest BCUT2D eigenvalue weighted by Crippen LogP contribution is 2.36. The van der Waals surface area contributed by atoms with Crippen molar-refractivity contribution in [3.05, 3.63) is 48.0 Å². The molecule has 0 unspecified atom stereocenters. The molecule has 150 valence electrons. The van der Waals surface area contributed by atoms with Crippen molar-refractivity contribution in [3.8, 4) is 5.69 Å². The molecule has 3 heterocycles. The van der Waals surface area contributed by atoms with Crippen molar-refractivity contribution < 1.29 is 18.0 Å². The van der Waals surface area contributed by atoms with Gasteiger partial charge in [0.05, 0.1) is 13.1 Å². The molecule has 6 nitrogen and oxygen atoms in total. The first-order valence-corrected chi connectivity index (χ1v) is 9.47. The fourth-order valence-electron chi connectivity index (χ4n) is 3.65. The highest BCUT2D eigenvalue weighted by atomic mass is 19.3. The van der Waals surface area contributed by atoms with E-state index in [1.54, 1.807) is 6.20 Å². The van der Waals surface area contributed by atoms with E-state index in [2.05, 4.69) is 15.4 Å². The van der Waals surface area contributed by atoms with E-state index in [1.165, 1.54) is 29.3 Å². The first-order chi connectivity index (χ1) is 13.9. The topological polar surface area (TPSA) is 63.1 Å². The third-order valence-corrected chi connectivity index (χ3v) is 5.53. The Morgan fingerprint density at radius 2 is 2.00 bits per heavy atom. The fraction of sp³-hybridized carbons (Fsp3) is 0.350. The highest BCUT2D eigenvalue weighted by Gasteiger charge is 2.46. The Hall–Kier alpha value is -3.10. The molecular weight excluding hydrogens is 383 g/mol. The van der Waals surface area contributed by atoms with Gasteiger partial charge in [-0.05, 0) is 48.6 Å². The number of hydrogen-bond acceptors (Lipinski definition) is 3. The zero-order valence-corrected chi connectivity index (χ0v) is 15.4. The minimum Gasteiger partial charge on any atom is -0.312 e. The zero-order chi connectivity index (χ0) is 20.2. The molecule has 29 heavy (non-hydrogen) atoms. The Kier molecular flexibility index (Phi) is 4.01. The van der Waals surface area contributed by atoms with Gasteiger partial charge in [-0.15, -0.1) is 5.10 Å². The highest BCUT2D eigenvalue weighted by molar-refractivity contribution is 5.90. The number of hydrogen-bond donors (Lipinski definition) is 1. The number of amides is 2. The number of aromatic nitrogens is 3. The first kappa shape index (κ1) is 18.0. The number of anilines is 1. The summed E-state index contributed by atoms with van der Waals surface area (Å²) in [5.41, 5.74) is 2.10. The third kappa shape index (κ3) is 3.30. The van der Waals surface area contributed by atoms with Gasteiger partial charge in [-0.3, -0.25) is 0 Å². The number of carbonyl (C=O) groups excluding carboxylic acids is 1. The van der Waals surface area contributed by atoms with Crippen molar-refractivity contribution in [1.82, 2.24) is 19.7 Å². The van der Waals surface area contributed by atoms with Crippen LogP contribution < -0.4 is 5.32 Å². The molecule has 2 fully saturated rings. The lowest BCUT2D eigenvalue weighted by atomic mass is 9.80. The van der Waals surface area contributed by atoms with Crippen molar-refractivity contribution in [2.75, 3.05) is 18.4 Å². The summed E-state index contributed by atoms with van der Waals surface area (Å²) < 4.78 is 41.7. The summed E-state index contributed by atoms with van der Waals surface area (Å²) in [5.74, 6) is -2.84. The van der Waals surface area contributed by atoms with Crippen LogP contribution in [0.5, 0.6) is 0 Å². The molecule has 2 aliphatic rings. The number of rotatable bonds is 3. The van der Waals surface area contributed by atoms with Crippen molar-refractivity contribution in [2.45, 2.75) is 31.1 Å². The van der Waals surface area contributed by atoms with Crippen LogP contribution in [0.2, 0.25) is 0 Å². The quantitative estimate of drug-likeness (QED) is 0.711. The van der Waals surface area contributed by atoms with E-state index in [-0.39, 0.29) is 5.69 Å². The molecule has 1 saturated heterocycles. The SMILES string of the molecule is O=C(Nc1ccc(F)c(-n2cc3cc(C4CCC4)cnc3n2)c1)N1CC(F)(F)C1. The minimum atomic E-state index is -2.84. The van der Waals surface area contributed by atoms with Gasteiger partial charge in [0.2, 0.25) is 0 Å². The second-order valence-corrected chi connectivity index (χ2v) is 7.69. The molecule has 1 aromatic carbocycles. The number of benzene rings is 1. The molecular formula is C20H18F3N5O. The summed E-state index contributed by atoms with van der Waals surface area (Å²) in [4.78, 5) is 17.4. The van der Waals surface area contributed by atoms with Crippen LogP contribution in [0.15, 0.2) is 36.7 Å². The van der Waals surface area contributed by atoms with E-state index in [1.807, 2.05) is 12.3 Å². The van der Waals surface area contributed by atoms with Crippen LogP contribution in [0, 0.1) is 5.82 Å².